The highest BCUT2D eigenvalue weighted by Crippen LogP contribution is 2.30. The molecule has 2 aromatic rings. The van der Waals surface area contributed by atoms with E-state index in [0.29, 0.717) is 19.6 Å². The van der Waals surface area contributed by atoms with Crippen molar-refractivity contribution >= 4 is 29.0 Å². The predicted octanol–water partition coefficient (Wildman–Crippen LogP) is 2.31. The topological polar surface area (TPSA) is 73.3 Å². The van der Waals surface area contributed by atoms with Crippen molar-refractivity contribution in [3.8, 4) is 11.5 Å². The third-order valence-electron chi connectivity index (χ3n) is 3.68. The van der Waals surface area contributed by atoms with E-state index in [1.807, 2.05) is 25.1 Å². The maximum Gasteiger partial charge on any atom is 0.226 e. The lowest BCUT2D eigenvalue weighted by Crippen LogP contribution is -2.38. The molecule has 8 heteroatoms. The largest absolute Gasteiger partial charge is 0.497 e. The van der Waals surface area contributed by atoms with Gasteiger partial charge in [0.25, 0.3) is 0 Å². The predicted molar refractivity (Wildman–Crippen MR) is 94.1 cm³/mol. The van der Waals surface area contributed by atoms with E-state index in [2.05, 4.69) is 15.5 Å². The Bertz CT molecular complexity index is 720. The van der Waals surface area contributed by atoms with Gasteiger partial charge >= 0.3 is 0 Å². The molecule has 128 valence electrons. The Morgan fingerprint density at radius 3 is 3.12 bits per heavy atom. The number of hydrogen-bond donors (Lipinski definition) is 1. The van der Waals surface area contributed by atoms with E-state index in [1.54, 1.807) is 30.2 Å². The van der Waals surface area contributed by atoms with Crippen LogP contribution in [0.3, 0.4) is 0 Å². The van der Waals surface area contributed by atoms with Crippen molar-refractivity contribution in [3.63, 3.8) is 0 Å². The van der Waals surface area contributed by atoms with Gasteiger partial charge in [-0.05, 0) is 37.1 Å². The lowest BCUT2D eigenvalue weighted by Gasteiger charge is -2.25. The number of ether oxygens (including phenoxy) is 2. The molecule has 1 atom stereocenters. The Hall–Kier alpha value is -1.80. The normalized spacial score (nSPS) is 16.2. The van der Waals surface area contributed by atoms with Crippen LogP contribution in [0.4, 0.5) is 0 Å². The van der Waals surface area contributed by atoms with E-state index in [-0.39, 0.29) is 11.8 Å². The SMILES string of the molecule is COc1ccc2c(c1)C[C@H](C(=O)NCCSc1nnc(C)s1)CO2. The number of carbonyl (C=O) groups excluding carboxylic acids is 1. The van der Waals surface area contributed by atoms with Gasteiger partial charge in [-0.25, -0.2) is 0 Å². The fraction of sp³-hybridized carbons (Fsp3) is 0.438. The van der Waals surface area contributed by atoms with Gasteiger partial charge in [-0.1, -0.05) is 23.1 Å². The minimum absolute atomic E-state index is 0.0255. The monoisotopic (exact) mass is 365 g/mol. The molecular formula is C16H19N3O3S2. The molecule has 0 aliphatic carbocycles. The third-order valence-corrected chi connectivity index (χ3v) is 5.65. The van der Waals surface area contributed by atoms with Gasteiger partial charge in [-0.2, -0.15) is 0 Å². The number of hydrogen-bond acceptors (Lipinski definition) is 7. The van der Waals surface area contributed by atoms with Crippen LogP contribution in [0.5, 0.6) is 11.5 Å². The summed E-state index contributed by atoms with van der Waals surface area (Å²) < 4.78 is 11.9. The summed E-state index contributed by atoms with van der Waals surface area (Å²) in [4.78, 5) is 12.3. The van der Waals surface area contributed by atoms with Crippen LogP contribution < -0.4 is 14.8 Å². The molecule has 1 amide bonds. The summed E-state index contributed by atoms with van der Waals surface area (Å²) in [6.07, 6.45) is 0.668. The molecule has 0 unspecified atom stereocenters. The molecule has 1 aromatic heterocycles. The number of carbonyl (C=O) groups is 1. The molecule has 24 heavy (non-hydrogen) atoms. The van der Waals surface area contributed by atoms with Crippen LogP contribution in [0.2, 0.25) is 0 Å². The molecule has 3 rings (SSSR count). The van der Waals surface area contributed by atoms with Crippen molar-refractivity contribution in [3.05, 3.63) is 28.8 Å². The van der Waals surface area contributed by atoms with Gasteiger partial charge < -0.3 is 14.8 Å². The van der Waals surface area contributed by atoms with E-state index in [1.165, 1.54) is 0 Å². The summed E-state index contributed by atoms with van der Waals surface area (Å²) in [5.41, 5.74) is 1.01. The van der Waals surface area contributed by atoms with E-state index in [0.717, 1.165) is 32.2 Å². The third kappa shape index (κ3) is 4.18. The van der Waals surface area contributed by atoms with Crippen molar-refractivity contribution in [2.75, 3.05) is 26.0 Å². The Labute approximate surface area is 149 Å². The maximum absolute atomic E-state index is 12.3. The molecule has 0 fully saturated rings. The van der Waals surface area contributed by atoms with Gasteiger partial charge in [0.1, 0.15) is 23.1 Å². The van der Waals surface area contributed by atoms with Crippen LogP contribution in [0.1, 0.15) is 10.6 Å². The zero-order chi connectivity index (χ0) is 16.9. The van der Waals surface area contributed by atoms with Gasteiger partial charge in [-0.15, -0.1) is 10.2 Å². The van der Waals surface area contributed by atoms with Gasteiger partial charge in [0, 0.05) is 12.3 Å². The standard InChI is InChI=1S/C16H19N3O3S2/c1-10-18-19-16(24-10)23-6-5-17-15(20)12-7-11-8-13(21-2)3-4-14(11)22-9-12/h3-4,8,12H,5-7,9H2,1-2H3,(H,17,20)/t12-/m0/s1. The molecule has 0 spiro atoms. The molecule has 2 heterocycles. The molecular weight excluding hydrogens is 346 g/mol. The van der Waals surface area contributed by atoms with Crippen LogP contribution in [-0.4, -0.2) is 42.1 Å². The number of methoxy groups -OCH3 is 1. The van der Waals surface area contributed by atoms with E-state index in [4.69, 9.17) is 9.47 Å². The Balaban J connectivity index is 1.47. The first-order valence-corrected chi connectivity index (χ1v) is 9.46. The summed E-state index contributed by atoms with van der Waals surface area (Å²) in [5, 5.41) is 12.0. The number of aryl methyl sites for hydroxylation is 1. The van der Waals surface area contributed by atoms with E-state index in [9.17, 15) is 4.79 Å². The van der Waals surface area contributed by atoms with Crippen LogP contribution in [0, 0.1) is 12.8 Å². The van der Waals surface area contributed by atoms with Crippen LogP contribution in [0.25, 0.3) is 0 Å². The van der Waals surface area contributed by atoms with Crippen LogP contribution in [0.15, 0.2) is 22.5 Å². The lowest BCUT2D eigenvalue weighted by molar-refractivity contribution is -0.126. The Morgan fingerprint density at radius 2 is 2.38 bits per heavy atom. The van der Waals surface area contributed by atoms with Crippen molar-refractivity contribution in [1.29, 1.82) is 0 Å². The first-order chi connectivity index (χ1) is 11.7. The summed E-state index contributed by atoms with van der Waals surface area (Å²) in [7, 11) is 1.63. The quantitative estimate of drug-likeness (QED) is 0.626. The number of fused-ring (bicyclic) bond motifs is 1. The molecule has 0 bridgehead atoms. The second kappa shape index (κ2) is 7.85. The number of benzene rings is 1. The van der Waals surface area contributed by atoms with Gasteiger partial charge in [0.15, 0.2) is 4.34 Å². The zero-order valence-electron chi connectivity index (χ0n) is 13.6. The summed E-state index contributed by atoms with van der Waals surface area (Å²) in [5.74, 6) is 2.25. The molecule has 0 saturated heterocycles. The Morgan fingerprint density at radius 1 is 1.50 bits per heavy atom. The number of aromatic nitrogens is 2. The molecule has 6 nitrogen and oxygen atoms in total. The highest BCUT2D eigenvalue weighted by molar-refractivity contribution is 8.01. The summed E-state index contributed by atoms with van der Waals surface area (Å²) in [6.45, 7) is 2.94. The number of amides is 1. The molecule has 0 radical (unpaired) electrons. The van der Waals surface area contributed by atoms with Crippen molar-refractivity contribution in [1.82, 2.24) is 15.5 Å². The van der Waals surface area contributed by atoms with Gasteiger partial charge in [-0.3, -0.25) is 4.79 Å². The van der Waals surface area contributed by atoms with Gasteiger partial charge in [0.2, 0.25) is 5.91 Å². The van der Waals surface area contributed by atoms with Crippen molar-refractivity contribution in [2.45, 2.75) is 17.7 Å². The molecule has 0 saturated carbocycles. The zero-order valence-corrected chi connectivity index (χ0v) is 15.2. The number of rotatable bonds is 6. The highest BCUT2D eigenvalue weighted by atomic mass is 32.2. The lowest BCUT2D eigenvalue weighted by atomic mass is 9.96. The average molecular weight is 365 g/mol. The number of thioether (sulfide) groups is 1. The van der Waals surface area contributed by atoms with Crippen molar-refractivity contribution < 1.29 is 14.3 Å². The summed E-state index contributed by atoms with van der Waals surface area (Å²) >= 11 is 3.17. The minimum Gasteiger partial charge on any atom is -0.497 e. The first kappa shape index (κ1) is 17.0. The number of nitrogens with zero attached hydrogens (tertiary/aromatic N) is 2. The minimum atomic E-state index is -0.168. The van der Waals surface area contributed by atoms with Crippen LogP contribution >= 0.6 is 23.1 Å². The maximum atomic E-state index is 12.3. The van der Waals surface area contributed by atoms with Crippen molar-refractivity contribution in [2.24, 2.45) is 5.92 Å². The second-order valence-corrected chi connectivity index (χ2v) is 7.94. The number of nitrogens with one attached hydrogen (secondary N) is 1. The smallest absolute Gasteiger partial charge is 0.226 e. The first-order valence-electron chi connectivity index (χ1n) is 7.66. The van der Waals surface area contributed by atoms with Gasteiger partial charge in [0.05, 0.1) is 13.0 Å². The molecule has 1 N–H and O–H groups in total. The van der Waals surface area contributed by atoms with E-state index >= 15 is 0 Å². The highest BCUT2D eigenvalue weighted by Gasteiger charge is 2.26. The molecule has 1 aromatic carbocycles. The fourth-order valence-electron chi connectivity index (χ4n) is 2.46. The fourth-order valence-corrected chi connectivity index (χ4v) is 4.20. The summed E-state index contributed by atoms with van der Waals surface area (Å²) in [6, 6.07) is 5.69. The Kier molecular flexibility index (Phi) is 5.57. The molecule has 1 aliphatic heterocycles. The van der Waals surface area contributed by atoms with Crippen LogP contribution in [-0.2, 0) is 11.2 Å². The second-order valence-electron chi connectivity index (χ2n) is 5.41. The van der Waals surface area contributed by atoms with E-state index < -0.39 is 0 Å². The average Bonchev–Trinajstić information content (AvgIpc) is 3.02. The molecule has 1 aliphatic rings.